The SMILES string of the molecule is O=C(C=Cc1ccc(OCc2ccccn2)cc1)NCCc1ccc(-n2cccn2)cc1. The van der Waals surface area contributed by atoms with Crippen molar-refractivity contribution in [2.45, 2.75) is 13.0 Å². The first-order chi connectivity index (χ1) is 15.8. The number of carbonyl (C=O) groups is 1. The lowest BCUT2D eigenvalue weighted by atomic mass is 10.1. The number of nitrogens with one attached hydrogen (secondary N) is 1. The summed E-state index contributed by atoms with van der Waals surface area (Å²) in [4.78, 5) is 16.3. The molecule has 0 spiro atoms. The van der Waals surface area contributed by atoms with Crippen LogP contribution in [0.4, 0.5) is 0 Å². The Hall–Kier alpha value is -4.19. The number of rotatable bonds is 9. The Morgan fingerprint density at radius 1 is 0.969 bits per heavy atom. The van der Waals surface area contributed by atoms with E-state index in [-0.39, 0.29) is 5.91 Å². The molecule has 1 amide bonds. The van der Waals surface area contributed by atoms with E-state index in [1.807, 2.05) is 71.5 Å². The standard InChI is InChI=1S/C26H24N4O2/c31-26(28-18-15-22-5-10-24(11-6-22)30-19-3-17-29-30)14-9-21-7-12-25(13-8-21)32-20-23-4-1-2-16-27-23/h1-14,16-17,19H,15,18,20H2,(H,28,31). The highest BCUT2D eigenvalue weighted by Gasteiger charge is 2.00. The summed E-state index contributed by atoms with van der Waals surface area (Å²) in [6.07, 6.45) is 9.51. The Morgan fingerprint density at radius 3 is 2.53 bits per heavy atom. The highest BCUT2D eigenvalue weighted by molar-refractivity contribution is 5.91. The summed E-state index contributed by atoms with van der Waals surface area (Å²) in [5.41, 5.74) is 3.98. The third-order valence-electron chi connectivity index (χ3n) is 4.84. The molecule has 0 bridgehead atoms. The van der Waals surface area contributed by atoms with Crippen molar-refractivity contribution in [1.82, 2.24) is 20.1 Å². The maximum atomic E-state index is 12.1. The molecule has 0 radical (unpaired) electrons. The minimum atomic E-state index is -0.117. The van der Waals surface area contributed by atoms with Gasteiger partial charge in [0.15, 0.2) is 0 Å². The minimum absolute atomic E-state index is 0.117. The van der Waals surface area contributed by atoms with E-state index < -0.39 is 0 Å². The topological polar surface area (TPSA) is 69.0 Å². The quantitative estimate of drug-likeness (QED) is 0.409. The lowest BCUT2D eigenvalue weighted by Crippen LogP contribution is -2.23. The van der Waals surface area contributed by atoms with Crippen molar-refractivity contribution in [2.24, 2.45) is 0 Å². The number of aromatic nitrogens is 3. The maximum Gasteiger partial charge on any atom is 0.244 e. The second-order valence-electron chi connectivity index (χ2n) is 7.17. The van der Waals surface area contributed by atoms with Crippen molar-refractivity contribution < 1.29 is 9.53 Å². The van der Waals surface area contributed by atoms with Crippen LogP contribution in [0.1, 0.15) is 16.8 Å². The number of amides is 1. The molecule has 4 rings (SSSR count). The summed E-state index contributed by atoms with van der Waals surface area (Å²) in [6, 6.07) is 23.4. The van der Waals surface area contributed by atoms with Gasteiger partial charge in [0.05, 0.1) is 11.4 Å². The Balaban J connectivity index is 1.19. The van der Waals surface area contributed by atoms with Gasteiger partial charge < -0.3 is 10.1 Å². The molecule has 6 nitrogen and oxygen atoms in total. The van der Waals surface area contributed by atoms with Gasteiger partial charge in [-0.15, -0.1) is 0 Å². The zero-order valence-corrected chi connectivity index (χ0v) is 17.6. The second-order valence-corrected chi connectivity index (χ2v) is 7.17. The average molecular weight is 425 g/mol. The number of ether oxygens (including phenoxy) is 1. The minimum Gasteiger partial charge on any atom is -0.487 e. The average Bonchev–Trinajstić information content (AvgIpc) is 3.38. The molecule has 0 aliphatic heterocycles. The molecule has 2 aromatic carbocycles. The predicted octanol–water partition coefficient (Wildman–Crippen LogP) is 4.22. The Labute approximate surface area is 187 Å². The number of pyridine rings is 1. The molecule has 0 unspecified atom stereocenters. The Kier molecular flexibility index (Phi) is 7.06. The molecule has 2 heterocycles. The molecular weight excluding hydrogens is 400 g/mol. The van der Waals surface area contributed by atoms with E-state index in [1.54, 1.807) is 24.5 Å². The van der Waals surface area contributed by atoms with Gasteiger partial charge in [0.1, 0.15) is 12.4 Å². The lowest BCUT2D eigenvalue weighted by molar-refractivity contribution is -0.116. The molecular formula is C26H24N4O2. The van der Waals surface area contributed by atoms with Crippen LogP contribution in [0.25, 0.3) is 11.8 Å². The van der Waals surface area contributed by atoms with E-state index in [9.17, 15) is 4.79 Å². The summed E-state index contributed by atoms with van der Waals surface area (Å²) < 4.78 is 7.54. The van der Waals surface area contributed by atoms with Crippen LogP contribution in [0, 0.1) is 0 Å². The summed E-state index contributed by atoms with van der Waals surface area (Å²) in [5, 5.41) is 7.13. The molecule has 1 N–H and O–H groups in total. The van der Waals surface area contributed by atoms with Crippen molar-refractivity contribution >= 4 is 12.0 Å². The number of hydrogen-bond donors (Lipinski definition) is 1. The third kappa shape index (κ3) is 6.15. The van der Waals surface area contributed by atoms with Crippen molar-refractivity contribution in [1.29, 1.82) is 0 Å². The Bertz CT molecular complexity index is 1140. The fourth-order valence-corrected chi connectivity index (χ4v) is 3.11. The molecule has 0 atom stereocenters. The highest BCUT2D eigenvalue weighted by Crippen LogP contribution is 2.14. The van der Waals surface area contributed by atoms with Gasteiger partial charge in [-0.1, -0.05) is 30.3 Å². The largest absolute Gasteiger partial charge is 0.487 e. The summed E-state index contributed by atoms with van der Waals surface area (Å²) in [7, 11) is 0. The van der Waals surface area contributed by atoms with Gasteiger partial charge in [0.25, 0.3) is 0 Å². The Morgan fingerprint density at radius 2 is 1.81 bits per heavy atom. The van der Waals surface area contributed by atoms with Crippen LogP contribution in [-0.2, 0) is 17.8 Å². The molecule has 2 aromatic heterocycles. The summed E-state index contributed by atoms with van der Waals surface area (Å²) in [5.74, 6) is 0.643. The molecule has 0 aliphatic rings. The molecule has 0 saturated carbocycles. The molecule has 160 valence electrons. The number of hydrogen-bond acceptors (Lipinski definition) is 4. The van der Waals surface area contributed by atoms with Crippen LogP contribution in [-0.4, -0.2) is 27.2 Å². The van der Waals surface area contributed by atoms with Gasteiger partial charge in [-0.3, -0.25) is 9.78 Å². The molecule has 6 heteroatoms. The third-order valence-corrected chi connectivity index (χ3v) is 4.84. The van der Waals surface area contributed by atoms with E-state index >= 15 is 0 Å². The van der Waals surface area contributed by atoms with E-state index in [4.69, 9.17) is 4.74 Å². The van der Waals surface area contributed by atoms with Crippen molar-refractivity contribution in [3.05, 3.63) is 114 Å². The predicted molar refractivity (Wildman–Crippen MR) is 124 cm³/mol. The van der Waals surface area contributed by atoms with Crippen molar-refractivity contribution in [3.8, 4) is 11.4 Å². The van der Waals surface area contributed by atoms with Crippen LogP contribution in [0.5, 0.6) is 5.75 Å². The van der Waals surface area contributed by atoms with E-state index in [0.29, 0.717) is 13.2 Å². The number of nitrogens with zero attached hydrogens (tertiary/aromatic N) is 3. The van der Waals surface area contributed by atoms with Gasteiger partial charge in [0, 0.05) is 31.2 Å². The van der Waals surface area contributed by atoms with Gasteiger partial charge in [0.2, 0.25) is 5.91 Å². The summed E-state index contributed by atoms with van der Waals surface area (Å²) in [6.45, 7) is 0.995. The van der Waals surface area contributed by atoms with Crippen LogP contribution in [0.15, 0.2) is 97.5 Å². The van der Waals surface area contributed by atoms with E-state index in [0.717, 1.165) is 34.7 Å². The smallest absolute Gasteiger partial charge is 0.244 e. The molecule has 0 saturated heterocycles. The molecule has 4 aromatic rings. The fraction of sp³-hybridized carbons (Fsp3) is 0.115. The van der Waals surface area contributed by atoms with Crippen LogP contribution >= 0.6 is 0 Å². The number of carbonyl (C=O) groups excluding carboxylic acids is 1. The second kappa shape index (κ2) is 10.7. The number of benzene rings is 2. The van der Waals surface area contributed by atoms with Crippen LogP contribution in [0.3, 0.4) is 0 Å². The first kappa shape index (κ1) is 21.1. The first-order valence-electron chi connectivity index (χ1n) is 10.4. The van der Waals surface area contributed by atoms with Gasteiger partial charge in [-0.05, 0) is 66.1 Å². The van der Waals surface area contributed by atoms with Crippen molar-refractivity contribution in [3.63, 3.8) is 0 Å². The molecule has 0 fully saturated rings. The molecule has 32 heavy (non-hydrogen) atoms. The van der Waals surface area contributed by atoms with Gasteiger partial charge in [-0.2, -0.15) is 5.10 Å². The first-order valence-corrected chi connectivity index (χ1v) is 10.4. The fourth-order valence-electron chi connectivity index (χ4n) is 3.11. The summed E-state index contributed by atoms with van der Waals surface area (Å²) >= 11 is 0. The molecule has 0 aliphatic carbocycles. The van der Waals surface area contributed by atoms with E-state index in [1.165, 1.54) is 0 Å². The van der Waals surface area contributed by atoms with E-state index in [2.05, 4.69) is 27.5 Å². The normalized spacial score (nSPS) is 10.9. The highest BCUT2D eigenvalue weighted by atomic mass is 16.5. The zero-order chi connectivity index (χ0) is 22.0. The van der Waals surface area contributed by atoms with Crippen LogP contribution < -0.4 is 10.1 Å². The van der Waals surface area contributed by atoms with Crippen LogP contribution in [0.2, 0.25) is 0 Å². The lowest BCUT2D eigenvalue weighted by Gasteiger charge is -2.06. The zero-order valence-electron chi connectivity index (χ0n) is 17.6. The van der Waals surface area contributed by atoms with Crippen molar-refractivity contribution in [2.75, 3.05) is 6.54 Å². The monoisotopic (exact) mass is 424 g/mol. The maximum absolute atomic E-state index is 12.1. The van der Waals surface area contributed by atoms with Gasteiger partial charge in [-0.25, -0.2) is 4.68 Å². The van der Waals surface area contributed by atoms with Gasteiger partial charge >= 0.3 is 0 Å².